The molecular weight excluding hydrogens is 249 g/mol. The zero-order chi connectivity index (χ0) is 14.1. The topological polar surface area (TPSA) is 3.24 Å². The first-order chi connectivity index (χ1) is 9.65. The summed E-state index contributed by atoms with van der Waals surface area (Å²) in [6.45, 7) is 0. The minimum absolute atomic E-state index is 0.195. The van der Waals surface area contributed by atoms with E-state index in [1.807, 2.05) is 44.4 Å². The van der Waals surface area contributed by atoms with Crippen LogP contribution in [0.3, 0.4) is 0 Å². The second kappa shape index (κ2) is 4.97. The molecule has 0 fully saturated rings. The lowest BCUT2D eigenvalue weighted by atomic mass is 10.0. The van der Waals surface area contributed by atoms with E-state index in [0.29, 0.717) is 5.69 Å². The highest BCUT2D eigenvalue weighted by Crippen LogP contribution is 2.31. The number of fused-ring (bicyclic) bond motifs is 1. The molecule has 0 spiro atoms. The van der Waals surface area contributed by atoms with E-state index in [0.717, 1.165) is 11.1 Å². The first kappa shape index (κ1) is 12.7. The van der Waals surface area contributed by atoms with Crippen molar-refractivity contribution in [3.8, 4) is 0 Å². The van der Waals surface area contributed by atoms with Gasteiger partial charge in [0.25, 0.3) is 0 Å². The molecule has 0 radical (unpaired) electrons. The average Bonchev–Trinajstić information content (AvgIpc) is 2.82. The molecule has 3 rings (SSSR count). The van der Waals surface area contributed by atoms with E-state index in [9.17, 15) is 4.39 Å². The molecule has 2 heteroatoms. The lowest BCUT2D eigenvalue weighted by molar-refractivity contribution is 0.626. The van der Waals surface area contributed by atoms with Gasteiger partial charge >= 0.3 is 0 Å². The highest BCUT2D eigenvalue weighted by atomic mass is 19.1. The molecule has 0 aromatic heterocycles. The van der Waals surface area contributed by atoms with Crippen LogP contribution >= 0.6 is 0 Å². The zero-order valence-electron chi connectivity index (χ0n) is 11.6. The molecule has 0 saturated carbocycles. The van der Waals surface area contributed by atoms with Gasteiger partial charge in [-0.2, -0.15) is 0 Å². The van der Waals surface area contributed by atoms with Crippen LogP contribution in [0, 0.1) is 5.82 Å². The second-order valence-electron chi connectivity index (χ2n) is 5.13. The third-order valence-corrected chi connectivity index (χ3v) is 3.49. The normalized spacial score (nSPS) is 14.7. The van der Waals surface area contributed by atoms with Gasteiger partial charge in [0.05, 0.1) is 5.69 Å². The molecule has 0 aliphatic heterocycles. The fourth-order valence-corrected chi connectivity index (χ4v) is 2.46. The minimum Gasteiger partial charge on any atom is -0.375 e. The number of rotatable bonds is 2. The number of nitrogens with zero attached hydrogens (tertiary/aromatic N) is 1. The maximum atomic E-state index is 14.0. The van der Waals surface area contributed by atoms with Crippen LogP contribution in [-0.4, -0.2) is 14.1 Å². The van der Waals surface area contributed by atoms with Gasteiger partial charge in [-0.1, -0.05) is 42.5 Å². The summed E-state index contributed by atoms with van der Waals surface area (Å²) in [5.74, 6) is -0.195. The molecule has 0 bridgehead atoms. The predicted molar refractivity (Wildman–Crippen MR) is 84.1 cm³/mol. The van der Waals surface area contributed by atoms with Gasteiger partial charge in [-0.3, -0.25) is 0 Å². The van der Waals surface area contributed by atoms with Crippen molar-refractivity contribution in [2.45, 2.75) is 0 Å². The van der Waals surface area contributed by atoms with Crippen LogP contribution in [0.1, 0.15) is 16.7 Å². The molecule has 0 saturated heterocycles. The van der Waals surface area contributed by atoms with Crippen LogP contribution in [-0.2, 0) is 0 Å². The van der Waals surface area contributed by atoms with Gasteiger partial charge in [0.15, 0.2) is 0 Å². The van der Waals surface area contributed by atoms with Crippen molar-refractivity contribution in [1.82, 2.24) is 0 Å². The molecule has 0 heterocycles. The summed E-state index contributed by atoms with van der Waals surface area (Å²) < 4.78 is 14.0. The van der Waals surface area contributed by atoms with Crippen LogP contribution in [0.2, 0.25) is 0 Å². The number of halogens is 1. The second-order valence-corrected chi connectivity index (χ2v) is 5.13. The van der Waals surface area contributed by atoms with Crippen LogP contribution < -0.4 is 4.90 Å². The Bertz CT molecular complexity index is 711. The number of hydrogen-bond donors (Lipinski definition) is 0. The summed E-state index contributed by atoms with van der Waals surface area (Å²) in [5, 5.41) is 0. The van der Waals surface area contributed by atoms with Gasteiger partial charge < -0.3 is 4.90 Å². The largest absolute Gasteiger partial charge is 0.375 e. The van der Waals surface area contributed by atoms with Crippen molar-refractivity contribution in [2.24, 2.45) is 0 Å². The summed E-state index contributed by atoms with van der Waals surface area (Å²) in [5.41, 5.74) is 5.02. The SMILES string of the molecule is CN(C)c1ccc(/C=C2/C=Cc3ccccc32)cc1F. The number of anilines is 1. The third kappa shape index (κ3) is 2.25. The van der Waals surface area contributed by atoms with E-state index in [2.05, 4.69) is 24.3 Å². The molecule has 0 atom stereocenters. The van der Waals surface area contributed by atoms with E-state index in [4.69, 9.17) is 0 Å². The lowest BCUT2D eigenvalue weighted by Crippen LogP contribution is -2.10. The van der Waals surface area contributed by atoms with Crippen LogP contribution in [0.25, 0.3) is 17.7 Å². The van der Waals surface area contributed by atoms with Gasteiger partial charge in [-0.05, 0) is 40.5 Å². The molecule has 0 N–H and O–H groups in total. The number of hydrogen-bond acceptors (Lipinski definition) is 1. The Morgan fingerprint density at radius 2 is 1.80 bits per heavy atom. The third-order valence-electron chi connectivity index (χ3n) is 3.49. The first-order valence-corrected chi connectivity index (χ1v) is 6.61. The zero-order valence-corrected chi connectivity index (χ0v) is 11.6. The monoisotopic (exact) mass is 265 g/mol. The molecule has 100 valence electrons. The van der Waals surface area contributed by atoms with Crippen LogP contribution in [0.15, 0.2) is 48.5 Å². The van der Waals surface area contributed by atoms with Crippen molar-refractivity contribution in [2.75, 3.05) is 19.0 Å². The highest BCUT2D eigenvalue weighted by molar-refractivity contribution is 5.97. The number of benzene rings is 2. The van der Waals surface area contributed by atoms with E-state index in [1.54, 1.807) is 11.0 Å². The van der Waals surface area contributed by atoms with Gasteiger partial charge in [0, 0.05) is 14.1 Å². The standard InChI is InChI=1S/C18H16FN/c1-20(2)18-10-7-13(12-17(18)19)11-15-9-8-14-5-3-4-6-16(14)15/h3-12H,1-2H3/b15-11-. The molecule has 20 heavy (non-hydrogen) atoms. The summed E-state index contributed by atoms with van der Waals surface area (Å²) in [6, 6.07) is 13.6. The van der Waals surface area contributed by atoms with E-state index < -0.39 is 0 Å². The highest BCUT2D eigenvalue weighted by Gasteiger charge is 2.10. The Kier molecular flexibility index (Phi) is 3.15. The van der Waals surface area contributed by atoms with Crippen molar-refractivity contribution >= 4 is 23.4 Å². The fraction of sp³-hybridized carbons (Fsp3) is 0.111. The molecule has 0 unspecified atom stereocenters. The Labute approximate surface area is 118 Å². The van der Waals surface area contributed by atoms with E-state index in [-0.39, 0.29) is 5.82 Å². The molecule has 1 aliphatic rings. The van der Waals surface area contributed by atoms with Gasteiger partial charge in [-0.15, -0.1) is 0 Å². The summed E-state index contributed by atoms with van der Waals surface area (Å²) in [4.78, 5) is 1.77. The Balaban J connectivity index is 1.98. The summed E-state index contributed by atoms with van der Waals surface area (Å²) in [6.07, 6.45) is 6.18. The van der Waals surface area contributed by atoms with Crippen molar-refractivity contribution in [3.05, 3.63) is 71.0 Å². The van der Waals surface area contributed by atoms with Gasteiger partial charge in [0.1, 0.15) is 5.82 Å². The Morgan fingerprint density at radius 3 is 2.55 bits per heavy atom. The van der Waals surface area contributed by atoms with E-state index in [1.165, 1.54) is 11.1 Å². The molecule has 1 aliphatic carbocycles. The molecule has 0 amide bonds. The summed E-state index contributed by atoms with van der Waals surface area (Å²) in [7, 11) is 3.68. The Hall–Kier alpha value is -2.35. The average molecular weight is 265 g/mol. The predicted octanol–water partition coefficient (Wildman–Crippen LogP) is 4.46. The van der Waals surface area contributed by atoms with Gasteiger partial charge in [-0.25, -0.2) is 4.39 Å². The van der Waals surface area contributed by atoms with E-state index >= 15 is 0 Å². The maximum absolute atomic E-state index is 14.0. The Morgan fingerprint density at radius 1 is 1.00 bits per heavy atom. The minimum atomic E-state index is -0.195. The number of allylic oxidation sites excluding steroid dienone is 2. The fourth-order valence-electron chi connectivity index (χ4n) is 2.46. The smallest absolute Gasteiger partial charge is 0.147 e. The molecule has 2 aromatic carbocycles. The van der Waals surface area contributed by atoms with Crippen molar-refractivity contribution < 1.29 is 4.39 Å². The van der Waals surface area contributed by atoms with Crippen molar-refractivity contribution in [3.63, 3.8) is 0 Å². The molecule has 2 aromatic rings. The maximum Gasteiger partial charge on any atom is 0.147 e. The molecule has 1 nitrogen and oxygen atoms in total. The van der Waals surface area contributed by atoms with Crippen molar-refractivity contribution in [1.29, 1.82) is 0 Å². The van der Waals surface area contributed by atoms with Crippen LogP contribution in [0.5, 0.6) is 0 Å². The van der Waals surface area contributed by atoms with Crippen LogP contribution in [0.4, 0.5) is 10.1 Å². The first-order valence-electron chi connectivity index (χ1n) is 6.61. The quantitative estimate of drug-likeness (QED) is 0.775. The molecular formula is C18H16FN. The van der Waals surface area contributed by atoms with Gasteiger partial charge in [0.2, 0.25) is 0 Å². The lowest BCUT2D eigenvalue weighted by Gasteiger charge is -2.13. The summed E-state index contributed by atoms with van der Waals surface area (Å²) >= 11 is 0.